The zero-order valence-corrected chi connectivity index (χ0v) is 9.34. The Bertz CT molecular complexity index is 229. The molecule has 1 heterocycles. The molecule has 1 aromatic rings. The van der Waals surface area contributed by atoms with Gasteiger partial charge in [0.2, 0.25) is 0 Å². The van der Waals surface area contributed by atoms with Gasteiger partial charge in [-0.2, -0.15) is 11.8 Å². The lowest BCUT2D eigenvalue weighted by Crippen LogP contribution is -2.31. The Morgan fingerprint density at radius 3 is 2.67 bits per heavy atom. The van der Waals surface area contributed by atoms with E-state index in [1.807, 2.05) is 11.8 Å². The van der Waals surface area contributed by atoms with Crippen LogP contribution in [0.15, 0.2) is 17.5 Å². The summed E-state index contributed by atoms with van der Waals surface area (Å²) in [6.45, 7) is 4.37. The summed E-state index contributed by atoms with van der Waals surface area (Å²) in [7, 11) is 0. The molecule has 0 radical (unpaired) electrons. The molecule has 0 aliphatic carbocycles. The second-order valence-electron chi connectivity index (χ2n) is 3.30. The topological polar surface area (TPSA) is 26.0 Å². The largest absolute Gasteiger partial charge is 0.322 e. The summed E-state index contributed by atoms with van der Waals surface area (Å²) in [6.07, 6.45) is 2.10. The van der Waals surface area contributed by atoms with Crippen molar-refractivity contribution in [2.45, 2.75) is 24.6 Å². The Morgan fingerprint density at radius 1 is 1.58 bits per heavy atom. The first-order valence-electron chi connectivity index (χ1n) is 3.92. The van der Waals surface area contributed by atoms with E-state index in [9.17, 15) is 0 Å². The number of thioether (sulfide) groups is 1. The van der Waals surface area contributed by atoms with Crippen LogP contribution in [0.5, 0.6) is 0 Å². The zero-order valence-electron chi connectivity index (χ0n) is 7.70. The average Bonchev–Trinajstić information content (AvgIpc) is 2.55. The summed E-state index contributed by atoms with van der Waals surface area (Å²) in [5, 5.41) is 2.08. The van der Waals surface area contributed by atoms with E-state index in [1.54, 1.807) is 11.3 Å². The molecule has 3 heteroatoms. The van der Waals surface area contributed by atoms with Crippen LogP contribution in [0.4, 0.5) is 0 Å². The minimum atomic E-state index is 0.130. The SMILES string of the molecule is CSC(C)(C)C(N)c1cccs1. The molecule has 1 atom stereocenters. The Hall–Kier alpha value is 0.01000. The van der Waals surface area contributed by atoms with Gasteiger partial charge in [0, 0.05) is 9.62 Å². The van der Waals surface area contributed by atoms with Crippen molar-refractivity contribution in [3.63, 3.8) is 0 Å². The predicted octanol–water partition coefficient (Wildman–Crippen LogP) is 2.89. The maximum absolute atomic E-state index is 6.12. The van der Waals surface area contributed by atoms with E-state index < -0.39 is 0 Å². The van der Waals surface area contributed by atoms with E-state index in [2.05, 4.69) is 37.6 Å². The number of hydrogen-bond acceptors (Lipinski definition) is 3. The van der Waals surface area contributed by atoms with Crippen molar-refractivity contribution >= 4 is 23.1 Å². The third-order valence-electron chi connectivity index (χ3n) is 2.12. The van der Waals surface area contributed by atoms with E-state index in [0.717, 1.165) is 0 Å². The first-order chi connectivity index (χ1) is 5.58. The fraction of sp³-hybridized carbons (Fsp3) is 0.556. The molecule has 0 saturated carbocycles. The van der Waals surface area contributed by atoms with Crippen molar-refractivity contribution in [1.29, 1.82) is 0 Å². The van der Waals surface area contributed by atoms with Gasteiger partial charge in [-0.3, -0.25) is 0 Å². The van der Waals surface area contributed by atoms with E-state index in [4.69, 9.17) is 5.73 Å². The van der Waals surface area contributed by atoms with Gasteiger partial charge in [0.25, 0.3) is 0 Å². The summed E-state index contributed by atoms with van der Waals surface area (Å²) < 4.78 is 0.130. The van der Waals surface area contributed by atoms with E-state index in [-0.39, 0.29) is 10.8 Å². The van der Waals surface area contributed by atoms with Crippen LogP contribution in [0, 0.1) is 0 Å². The first-order valence-corrected chi connectivity index (χ1v) is 6.02. The Labute approximate surface area is 82.4 Å². The molecule has 1 aromatic heterocycles. The lowest BCUT2D eigenvalue weighted by atomic mass is 10.0. The van der Waals surface area contributed by atoms with Crippen LogP contribution < -0.4 is 5.73 Å². The van der Waals surface area contributed by atoms with Crippen LogP contribution in [0.3, 0.4) is 0 Å². The minimum Gasteiger partial charge on any atom is -0.322 e. The van der Waals surface area contributed by atoms with Crippen molar-refractivity contribution in [3.8, 4) is 0 Å². The Kier molecular flexibility index (Phi) is 3.21. The van der Waals surface area contributed by atoms with Gasteiger partial charge in [0.05, 0.1) is 6.04 Å². The van der Waals surface area contributed by atoms with Crippen LogP contribution in [0.25, 0.3) is 0 Å². The molecule has 0 aliphatic rings. The smallest absolute Gasteiger partial charge is 0.0533 e. The van der Waals surface area contributed by atoms with E-state index in [0.29, 0.717) is 0 Å². The molecule has 0 bridgehead atoms. The van der Waals surface area contributed by atoms with Crippen LogP contribution in [0.1, 0.15) is 24.8 Å². The lowest BCUT2D eigenvalue weighted by Gasteiger charge is -2.28. The molecule has 0 saturated heterocycles. The van der Waals surface area contributed by atoms with Crippen LogP contribution >= 0.6 is 23.1 Å². The number of rotatable bonds is 3. The van der Waals surface area contributed by atoms with E-state index >= 15 is 0 Å². The molecular weight excluding hydrogens is 186 g/mol. The first kappa shape index (κ1) is 10.1. The summed E-state index contributed by atoms with van der Waals surface area (Å²) >= 11 is 3.55. The standard InChI is InChI=1S/C9H15NS2/c1-9(2,11-3)8(10)7-5-4-6-12-7/h4-6,8H,10H2,1-3H3. The third-order valence-corrected chi connectivity index (χ3v) is 4.39. The average molecular weight is 201 g/mol. The van der Waals surface area contributed by atoms with Crippen LogP contribution in [-0.4, -0.2) is 11.0 Å². The molecule has 1 unspecified atom stereocenters. The summed E-state index contributed by atoms with van der Waals surface area (Å²) in [5.74, 6) is 0. The third kappa shape index (κ3) is 2.03. The molecule has 0 spiro atoms. The second kappa shape index (κ2) is 3.81. The van der Waals surface area contributed by atoms with Gasteiger partial charge >= 0.3 is 0 Å². The zero-order chi connectivity index (χ0) is 9.19. The Balaban J connectivity index is 2.78. The summed E-state index contributed by atoms with van der Waals surface area (Å²) in [6, 6.07) is 4.30. The highest BCUT2D eigenvalue weighted by molar-refractivity contribution is 8.00. The number of nitrogens with two attached hydrogens (primary N) is 1. The van der Waals surface area contributed by atoms with Crippen molar-refractivity contribution in [3.05, 3.63) is 22.4 Å². The van der Waals surface area contributed by atoms with Crippen LogP contribution in [-0.2, 0) is 0 Å². The summed E-state index contributed by atoms with van der Waals surface area (Å²) in [5.41, 5.74) is 6.12. The molecule has 2 N–H and O–H groups in total. The highest BCUT2D eigenvalue weighted by Gasteiger charge is 2.26. The van der Waals surface area contributed by atoms with Crippen molar-refractivity contribution in [1.82, 2.24) is 0 Å². The molecule has 0 amide bonds. The highest BCUT2D eigenvalue weighted by atomic mass is 32.2. The van der Waals surface area contributed by atoms with Gasteiger partial charge in [-0.1, -0.05) is 6.07 Å². The maximum Gasteiger partial charge on any atom is 0.0533 e. The number of thiophene rings is 1. The number of hydrogen-bond donors (Lipinski definition) is 1. The molecular formula is C9H15NS2. The van der Waals surface area contributed by atoms with Crippen molar-refractivity contribution in [2.24, 2.45) is 5.73 Å². The molecule has 0 fully saturated rings. The molecule has 1 nitrogen and oxygen atoms in total. The van der Waals surface area contributed by atoms with Gasteiger partial charge in [-0.15, -0.1) is 11.3 Å². The molecule has 1 rings (SSSR count). The van der Waals surface area contributed by atoms with E-state index in [1.165, 1.54) is 4.88 Å². The van der Waals surface area contributed by atoms with Crippen molar-refractivity contribution in [2.75, 3.05) is 6.26 Å². The quantitative estimate of drug-likeness (QED) is 0.814. The Morgan fingerprint density at radius 2 is 2.25 bits per heavy atom. The molecule has 12 heavy (non-hydrogen) atoms. The van der Waals surface area contributed by atoms with Gasteiger partial charge in [0.1, 0.15) is 0 Å². The van der Waals surface area contributed by atoms with Gasteiger partial charge in [-0.25, -0.2) is 0 Å². The van der Waals surface area contributed by atoms with Gasteiger partial charge < -0.3 is 5.73 Å². The normalized spacial score (nSPS) is 14.7. The second-order valence-corrected chi connectivity index (χ2v) is 5.74. The molecule has 68 valence electrons. The van der Waals surface area contributed by atoms with Gasteiger partial charge in [-0.05, 0) is 31.5 Å². The lowest BCUT2D eigenvalue weighted by molar-refractivity contribution is 0.573. The fourth-order valence-electron chi connectivity index (χ4n) is 0.938. The summed E-state index contributed by atoms with van der Waals surface area (Å²) in [4.78, 5) is 1.27. The predicted molar refractivity (Wildman–Crippen MR) is 58.8 cm³/mol. The van der Waals surface area contributed by atoms with Crippen LogP contribution in [0.2, 0.25) is 0 Å². The molecule has 0 aliphatic heterocycles. The maximum atomic E-state index is 6.12. The minimum absolute atomic E-state index is 0.130. The van der Waals surface area contributed by atoms with Gasteiger partial charge in [0.15, 0.2) is 0 Å². The monoisotopic (exact) mass is 201 g/mol. The fourth-order valence-corrected chi connectivity index (χ4v) is 2.31. The van der Waals surface area contributed by atoms with Crippen molar-refractivity contribution < 1.29 is 0 Å². The highest BCUT2D eigenvalue weighted by Crippen LogP contribution is 2.35. The molecule has 0 aromatic carbocycles.